The van der Waals surface area contributed by atoms with E-state index in [1.165, 1.54) is 0 Å². The molecule has 78 valence electrons. The van der Waals surface area contributed by atoms with Gasteiger partial charge in [-0.3, -0.25) is 0 Å². The lowest BCUT2D eigenvalue weighted by Gasteiger charge is -2.15. The zero-order chi connectivity index (χ0) is 10.6. The number of nitrogens with two attached hydrogens (primary N) is 2. The molecule has 0 fully saturated rings. The van der Waals surface area contributed by atoms with Crippen LogP contribution in [0.1, 0.15) is 31.9 Å². The molecule has 0 amide bonds. The van der Waals surface area contributed by atoms with Crippen LogP contribution >= 0.6 is 0 Å². The summed E-state index contributed by atoms with van der Waals surface area (Å²) in [6.45, 7) is 4.83. The molecule has 14 heavy (non-hydrogen) atoms. The molecule has 0 radical (unpaired) electrons. The molecular weight excluding hydrogens is 176 g/mol. The van der Waals surface area contributed by atoms with Crippen LogP contribution < -0.4 is 11.5 Å². The standard InChI is InChI=1S/C11H18N2O/c1-3-6-14-8(2)10-5-4-9(12)7-11(10)13/h4-5,7-8H,3,6,12-13H2,1-2H3. The molecule has 0 aliphatic heterocycles. The van der Waals surface area contributed by atoms with Crippen molar-refractivity contribution in [2.45, 2.75) is 26.4 Å². The molecule has 1 atom stereocenters. The maximum Gasteiger partial charge on any atom is 0.0816 e. The van der Waals surface area contributed by atoms with Gasteiger partial charge >= 0.3 is 0 Å². The number of hydrogen-bond acceptors (Lipinski definition) is 3. The van der Waals surface area contributed by atoms with Crippen molar-refractivity contribution >= 4 is 11.4 Å². The molecule has 0 heterocycles. The first-order chi connectivity index (χ1) is 6.65. The van der Waals surface area contributed by atoms with Crippen LogP contribution in [0.3, 0.4) is 0 Å². The van der Waals surface area contributed by atoms with Crippen molar-refractivity contribution in [3.63, 3.8) is 0 Å². The molecule has 1 unspecified atom stereocenters. The lowest BCUT2D eigenvalue weighted by molar-refractivity contribution is 0.0668. The van der Waals surface area contributed by atoms with E-state index in [1.807, 2.05) is 19.1 Å². The second kappa shape index (κ2) is 4.86. The van der Waals surface area contributed by atoms with Crippen molar-refractivity contribution in [3.8, 4) is 0 Å². The van der Waals surface area contributed by atoms with Gasteiger partial charge in [0.25, 0.3) is 0 Å². The molecule has 1 aromatic rings. The molecule has 0 bridgehead atoms. The predicted molar refractivity (Wildman–Crippen MR) is 59.9 cm³/mol. The second-order valence-electron chi connectivity index (χ2n) is 3.40. The summed E-state index contributed by atoms with van der Waals surface area (Å²) in [7, 11) is 0. The van der Waals surface area contributed by atoms with E-state index in [0.717, 1.165) is 18.6 Å². The quantitative estimate of drug-likeness (QED) is 0.723. The normalized spacial score (nSPS) is 12.7. The van der Waals surface area contributed by atoms with Crippen LogP contribution in [-0.4, -0.2) is 6.61 Å². The smallest absolute Gasteiger partial charge is 0.0816 e. The van der Waals surface area contributed by atoms with Gasteiger partial charge in [-0.15, -0.1) is 0 Å². The molecule has 0 aliphatic carbocycles. The fraction of sp³-hybridized carbons (Fsp3) is 0.455. The van der Waals surface area contributed by atoms with Crippen LogP contribution in [0.5, 0.6) is 0 Å². The molecule has 0 aliphatic rings. The van der Waals surface area contributed by atoms with Crippen molar-refractivity contribution in [2.24, 2.45) is 0 Å². The SMILES string of the molecule is CCCOC(C)c1ccc(N)cc1N. The third kappa shape index (κ3) is 2.64. The van der Waals surface area contributed by atoms with Crippen LogP contribution in [-0.2, 0) is 4.74 Å². The van der Waals surface area contributed by atoms with Gasteiger partial charge in [0.1, 0.15) is 0 Å². The number of anilines is 2. The Morgan fingerprint density at radius 3 is 2.64 bits per heavy atom. The first-order valence-electron chi connectivity index (χ1n) is 4.91. The van der Waals surface area contributed by atoms with Gasteiger partial charge in [-0.05, 0) is 25.5 Å². The van der Waals surface area contributed by atoms with Crippen molar-refractivity contribution in [2.75, 3.05) is 18.1 Å². The third-order valence-electron chi connectivity index (χ3n) is 2.12. The van der Waals surface area contributed by atoms with E-state index >= 15 is 0 Å². The Hall–Kier alpha value is -1.22. The maximum absolute atomic E-state index is 5.83. The summed E-state index contributed by atoms with van der Waals surface area (Å²) in [5.41, 5.74) is 13.8. The summed E-state index contributed by atoms with van der Waals surface area (Å²) in [4.78, 5) is 0. The highest BCUT2D eigenvalue weighted by Gasteiger charge is 2.08. The van der Waals surface area contributed by atoms with E-state index in [0.29, 0.717) is 11.4 Å². The Morgan fingerprint density at radius 1 is 1.36 bits per heavy atom. The Kier molecular flexibility index (Phi) is 3.77. The molecule has 4 N–H and O–H groups in total. The van der Waals surface area contributed by atoms with Gasteiger partial charge in [0.2, 0.25) is 0 Å². The van der Waals surface area contributed by atoms with Crippen molar-refractivity contribution in [3.05, 3.63) is 23.8 Å². The summed E-state index contributed by atoms with van der Waals surface area (Å²) in [6.07, 6.45) is 1.05. The van der Waals surface area contributed by atoms with E-state index in [1.54, 1.807) is 6.07 Å². The Morgan fingerprint density at radius 2 is 2.07 bits per heavy atom. The van der Waals surface area contributed by atoms with Gasteiger partial charge in [-0.2, -0.15) is 0 Å². The molecule has 1 rings (SSSR count). The maximum atomic E-state index is 5.83. The average Bonchev–Trinajstić information content (AvgIpc) is 2.14. The van der Waals surface area contributed by atoms with E-state index in [-0.39, 0.29) is 6.10 Å². The molecule has 0 spiro atoms. The summed E-state index contributed by atoms with van der Waals surface area (Å²) < 4.78 is 5.58. The third-order valence-corrected chi connectivity index (χ3v) is 2.12. The van der Waals surface area contributed by atoms with Crippen LogP contribution in [0, 0.1) is 0 Å². The van der Waals surface area contributed by atoms with Gasteiger partial charge < -0.3 is 16.2 Å². The van der Waals surface area contributed by atoms with Crippen molar-refractivity contribution < 1.29 is 4.74 Å². The van der Waals surface area contributed by atoms with Gasteiger partial charge in [0.15, 0.2) is 0 Å². The Balaban J connectivity index is 2.74. The highest BCUT2D eigenvalue weighted by molar-refractivity contribution is 5.57. The van der Waals surface area contributed by atoms with E-state index in [9.17, 15) is 0 Å². The van der Waals surface area contributed by atoms with Gasteiger partial charge in [-0.1, -0.05) is 13.0 Å². The largest absolute Gasteiger partial charge is 0.399 e. The molecule has 0 saturated carbocycles. The summed E-state index contributed by atoms with van der Waals surface area (Å²) in [6, 6.07) is 5.53. The Labute approximate surface area is 85.0 Å². The molecule has 3 nitrogen and oxygen atoms in total. The van der Waals surface area contributed by atoms with Crippen LogP contribution in [0.2, 0.25) is 0 Å². The van der Waals surface area contributed by atoms with E-state index in [2.05, 4.69) is 6.92 Å². The van der Waals surface area contributed by atoms with Crippen LogP contribution in [0.25, 0.3) is 0 Å². The number of benzene rings is 1. The fourth-order valence-corrected chi connectivity index (χ4v) is 1.35. The molecular formula is C11H18N2O. The molecule has 1 aromatic carbocycles. The lowest BCUT2D eigenvalue weighted by atomic mass is 10.1. The summed E-state index contributed by atoms with van der Waals surface area (Å²) >= 11 is 0. The summed E-state index contributed by atoms with van der Waals surface area (Å²) in [5, 5.41) is 0. The molecule has 0 aromatic heterocycles. The molecule has 3 heteroatoms. The zero-order valence-corrected chi connectivity index (χ0v) is 8.79. The van der Waals surface area contributed by atoms with Crippen molar-refractivity contribution in [1.82, 2.24) is 0 Å². The second-order valence-corrected chi connectivity index (χ2v) is 3.40. The minimum atomic E-state index is 0.0375. The van der Waals surface area contributed by atoms with Gasteiger partial charge in [0, 0.05) is 23.5 Å². The Bertz CT molecular complexity index is 299. The number of hydrogen-bond donors (Lipinski definition) is 2. The minimum absolute atomic E-state index is 0.0375. The monoisotopic (exact) mass is 194 g/mol. The lowest BCUT2D eigenvalue weighted by Crippen LogP contribution is -2.05. The predicted octanol–water partition coefficient (Wildman–Crippen LogP) is 2.34. The van der Waals surface area contributed by atoms with E-state index in [4.69, 9.17) is 16.2 Å². The van der Waals surface area contributed by atoms with Crippen molar-refractivity contribution in [1.29, 1.82) is 0 Å². The minimum Gasteiger partial charge on any atom is -0.399 e. The zero-order valence-electron chi connectivity index (χ0n) is 8.79. The van der Waals surface area contributed by atoms with Gasteiger partial charge in [0.05, 0.1) is 6.10 Å². The highest BCUT2D eigenvalue weighted by Crippen LogP contribution is 2.24. The van der Waals surface area contributed by atoms with Crippen LogP contribution in [0.15, 0.2) is 18.2 Å². The number of nitrogen functional groups attached to an aromatic ring is 2. The van der Waals surface area contributed by atoms with E-state index < -0.39 is 0 Å². The summed E-state index contributed by atoms with van der Waals surface area (Å²) in [5.74, 6) is 0. The number of ether oxygens (including phenoxy) is 1. The molecule has 0 saturated heterocycles. The average molecular weight is 194 g/mol. The highest BCUT2D eigenvalue weighted by atomic mass is 16.5. The number of rotatable bonds is 4. The first kappa shape index (κ1) is 10.9. The topological polar surface area (TPSA) is 61.3 Å². The van der Waals surface area contributed by atoms with Crippen LogP contribution in [0.4, 0.5) is 11.4 Å². The first-order valence-corrected chi connectivity index (χ1v) is 4.91. The van der Waals surface area contributed by atoms with Gasteiger partial charge in [-0.25, -0.2) is 0 Å². The fourth-order valence-electron chi connectivity index (χ4n) is 1.35.